The molecule has 4 aromatic carbocycles. The van der Waals surface area contributed by atoms with Gasteiger partial charge in [0.15, 0.2) is 0 Å². The molecule has 1 heterocycles. The molecule has 1 aromatic heterocycles. The van der Waals surface area contributed by atoms with Crippen molar-refractivity contribution in [2.24, 2.45) is 5.10 Å². The van der Waals surface area contributed by atoms with Crippen molar-refractivity contribution >= 4 is 27.3 Å². The molecule has 0 aliphatic carbocycles. The Bertz CT molecular complexity index is 1490. The second-order valence-electron chi connectivity index (χ2n) is 8.81. The molecule has 3 nitrogen and oxygen atoms in total. The Hall–Kier alpha value is -3.85. The Morgan fingerprint density at radius 1 is 0.727 bits per heavy atom. The summed E-state index contributed by atoms with van der Waals surface area (Å²) in [5.74, 6) is 0.260. The third-order valence-electron chi connectivity index (χ3n) is 7.00. The van der Waals surface area contributed by atoms with Crippen LogP contribution in [-0.4, -0.2) is 15.5 Å². The Morgan fingerprint density at radius 2 is 1.27 bits per heavy atom. The van der Waals surface area contributed by atoms with E-state index in [0.717, 1.165) is 55.3 Å². The molecular formula is C30H28N2O. The average molecular weight is 433 g/mol. The van der Waals surface area contributed by atoms with Gasteiger partial charge in [-0.15, -0.1) is 0 Å². The molecule has 0 saturated heterocycles. The van der Waals surface area contributed by atoms with Crippen LogP contribution in [0.5, 0.6) is 5.75 Å². The van der Waals surface area contributed by atoms with Crippen molar-refractivity contribution in [3.63, 3.8) is 0 Å². The topological polar surface area (TPSA) is 37.5 Å². The fraction of sp³-hybridized carbons (Fsp3) is 0.167. The minimum Gasteiger partial charge on any atom is -0.507 e. The normalized spacial score (nSPS) is 12.1. The maximum absolute atomic E-state index is 11.5. The second-order valence-corrected chi connectivity index (χ2v) is 8.81. The van der Waals surface area contributed by atoms with Crippen LogP contribution in [0.3, 0.4) is 0 Å². The monoisotopic (exact) mass is 432 g/mol. The first-order chi connectivity index (χ1) is 15.9. The minimum absolute atomic E-state index is 0.260. The van der Waals surface area contributed by atoms with E-state index < -0.39 is 0 Å². The summed E-state index contributed by atoms with van der Waals surface area (Å²) in [5, 5.41) is 21.0. The van der Waals surface area contributed by atoms with Gasteiger partial charge in [0.2, 0.25) is 0 Å². The number of phenolic OH excluding ortho intramolecular Hbond substituents is 1. The zero-order chi connectivity index (χ0) is 23.3. The fourth-order valence-electron chi connectivity index (χ4n) is 4.81. The molecule has 0 aliphatic heterocycles. The molecule has 0 amide bonds. The summed E-state index contributed by atoms with van der Waals surface area (Å²) in [6.45, 7) is 10.4. The maximum Gasteiger partial charge on any atom is 0.132 e. The van der Waals surface area contributed by atoms with Crippen LogP contribution in [0.25, 0.3) is 32.7 Å². The SMILES string of the molecule is C/C(=N/n1c(C)c(C)c(C)c1C)c1cccc(-c2c3ccccc3cc3ccccc23)c1O. The van der Waals surface area contributed by atoms with E-state index in [-0.39, 0.29) is 5.75 Å². The highest BCUT2D eigenvalue weighted by molar-refractivity contribution is 6.14. The van der Waals surface area contributed by atoms with E-state index in [1.807, 2.05) is 29.8 Å². The summed E-state index contributed by atoms with van der Waals surface area (Å²) >= 11 is 0. The molecule has 0 saturated carbocycles. The Balaban J connectivity index is 1.76. The molecular weight excluding hydrogens is 404 g/mol. The summed E-state index contributed by atoms with van der Waals surface area (Å²) in [4.78, 5) is 0. The Morgan fingerprint density at radius 3 is 1.85 bits per heavy atom. The van der Waals surface area contributed by atoms with Gasteiger partial charge in [-0.1, -0.05) is 60.7 Å². The summed E-state index contributed by atoms with van der Waals surface area (Å²) in [6, 6.07) is 24.9. The van der Waals surface area contributed by atoms with Gasteiger partial charge in [-0.3, -0.25) is 0 Å². The van der Waals surface area contributed by atoms with Crippen molar-refractivity contribution in [3.05, 3.63) is 101 Å². The van der Waals surface area contributed by atoms with E-state index in [9.17, 15) is 5.11 Å². The average Bonchev–Trinajstić information content (AvgIpc) is 3.00. The molecule has 0 bridgehead atoms. The molecule has 5 aromatic rings. The number of hydrogen-bond acceptors (Lipinski definition) is 2. The van der Waals surface area contributed by atoms with Gasteiger partial charge in [0, 0.05) is 28.1 Å². The lowest BCUT2D eigenvalue weighted by Gasteiger charge is -2.15. The van der Waals surface area contributed by atoms with Gasteiger partial charge in [-0.05, 0) is 79.4 Å². The lowest BCUT2D eigenvalue weighted by molar-refractivity contribution is 0.476. The molecule has 0 atom stereocenters. The van der Waals surface area contributed by atoms with Crippen molar-refractivity contribution in [3.8, 4) is 16.9 Å². The van der Waals surface area contributed by atoms with Crippen molar-refractivity contribution in [1.29, 1.82) is 0 Å². The van der Waals surface area contributed by atoms with Crippen LogP contribution in [0.1, 0.15) is 35.0 Å². The van der Waals surface area contributed by atoms with Crippen LogP contribution in [-0.2, 0) is 0 Å². The van der Waals surface area contributed by atoms with Crippen LogP contribution >= 0.6 is 0 Å². The molecule has 0 unspecified atom stereocenters. The molecule has 3 heteroatoms. The van der Waals surface area contributed by atoms with Crippen molar-refractivity contribution in [2.45, 2.75) is 34.6 Å². The highest BCUT2D eigenvalue weighted by Crippen LogP contribution is 2.41. The molecule has 0 fully saturated rings. The van der Waals surface area contributed by atoms with E-state index in [2.05, 4.69) is 82.3 Å². The first-order valence-electron chi connectivity index (χ1n) is 11.3. The van der Waals surface area contributed by atoms with E-state index in [1.54, 1.807) is 0 Å². The van der Waals surface area contributed by atoms with Crippen LogP contribution in [0.2, 0.25) is 0 Å². The lowest BCUT2D eigenvalue weighted by atomic mass is 9.90. The summed E-state index contributed by atoms with van der Waals surface area (Å²) < 4.78 is 1.99. The molecule has 0 spiro atoms. The fourth-order valence-corrected chi connectivity index (χ4v) is 4.81. The smallest absolute Gasteiger partial charge is 0.132 e. The number of aromatic hydroxyl groups is 1. The quantitative estimate of drug-likeness (QED) is 0.230. The van der Waals surface area contributed by atoms with Crippen LogP contribution in [0, 0.1) is 27.7 Å². The highest BCUT2D eigenvalue weighted by atomic mass is 16.3. The summed E-state index contributed by atoms with van der Waals surface area (Å²) in [7, 11) is 0. The van der Waals surface area contributed by atoms with E-state index in [0.29, 0.717) is 0 Å². The molecule has 1 N–H and O–H groups in total. The number of rotatable bonds is 3. The zero-order valence-electron chi connectivity index (χ0n) is 19.8. The predicted molar refractivity (Wildman–Crippen MR) is 140 cm³/mol. The lowest BCUT2D eigenvalue weighted by Crippen LogP contribution is -2.03. The summed E-state index contributed by atoms with van der Waals surface area (Å²) in [6.07, 6.45) is 0. The minimum atomic E-state index is 0.260. The van der Waals surface area contributed by atoms with Gasteiger partial charge in [0.1, 0.15) is 5.75 Å². The number of phenols is 1. The van der Waals surface area contributed by atoms with Gasteiger partial charge in [-0.2, -0.15) is 5.10 Å². The van der Waals surface area contributed by atoms with Gasteiger partial charge >= 0.3 is 0 Å². The van der Waals surface area contributed by atoms with Gasteiger partial charge < -0.3 is 5.11 Å². The van der Waals surface area contributed by atoms with E-state index in [4.69, 9.17) is 5.10 Å². The molecule has 33 heavy (non-hydrogen) atoms. The number of nitrogens with zero attached hydrogens (tertiary/aromatic N) is 2. The number of benzene rings is 4. The maximum atomic E-state index is 11.5. The number of fused-ring (bicyclic) bond motifs is 2. The predicted octanol–water partition coefficient (Wildman–Crippen LogP) is 7.67. The second kappa shape index (κ2) is 7.93. The van der Waals surface area contributed by atoms with Crippen molar-refractivity contribution < 1.29 is 5.11 Å². The molecule has 0 aliphatic rings. The van der Waals surface area contributed by atoms with Gasteiger partial charge in [-0.25, -0.2) is 4.68 Å². The third kappa shape index (κ3) is 3.32. The third-order valence-corrected chi connectivity index (χ3v) is 7.00. The van der Waals surface area contributed by atoms with Crippen LogP contribution in [0.15, 0.2) is 77.9 Å². The molecule has 0 radical (unpaired) electrons. The first-order valence-corrected chi connectivity index (χ1v) is 11.3. The largest absolute Gasteiger partial charge is 0.507 e. The van der Waals surface area contributed by atoms with Gasteiger partial charge in [0.05, 0.1) is 5.71 Å². The van der Waals surface area contributed by atoms with Crippen LogP contribution in [0.4, 0.5) is 0 Å². The molecule has 164 valence electrons. The number of hydrogen-bond donors (Lipinski definition) is 1. The Kier molecular flexibility index (Phi) is 5.05. The van der Waals surface area contributed by atoms with Crippen molar-refractivity contribution in [1.82, 2.24) is 4.68 Å². The highest BCUT2D eigenvalue weighted by Gasteiger charge is 2.17. The standard InChI is InChI=1S/C30H28N2O/c1-18-19(2)22(5)32(21(18)4)31-20(3)25-15-10-16-28(30(25)33)29-26-13-8-6-11-23(26)17-24-12-7-9-14-27(24)29/h6-17,33H,1-5H3/b31-20-. The zero-order valence-corrected chi connectivity index (χ0v) is 19.8. The van der Waals surface area contributed by atoms with Crippen molar-refractivity contribution in [2.75, 3.05) is 0 Å². The van der Waals surface area contributed by atoms with E-state index in [1.165, 1.54) is 11.1 Å². The number of para-hydroxylation sites is 1. The van der Waals surface area contributed by atoms with Gasteiger partial charge in [0.25, 0.3) is 0 Å². The number of aromatic nitrogens is 1. The Labute approximate surface area is 194 Å². The summed E-state index contributed by atoms with van der Waals surface area (Å²) in [5.41, 5.74) is 8.15. The van der Waals surface area contributed by atoms with Crippen LogP contribution < -0.4 is 0 Å². The van der Waals surface area contributed by atoms with E-state index >= 15 is 0 Å². The molecule has 5 rings (SSSR count). The first kappa shape index (κ1) is 21.0.